The molecule has 2 aromatic rings. The summed E-state index contributed by atoms with van der Waals surface area (Å²) in [5.41, 5.74) is -0.705. The zero-order valence-corrected chi connectivity index (χ0v) is 15.4. The van der Waals surface area contributed by atoms with Crippen LogP contribution in [0.25, 0.3) is 0 Å². The Hall–Kier alpha value is -2.20. The minimum Gasteiger partial charge on any atom is -0.371 e. The van der Waals surface area contributed by atoms with Gasteiger partial charge >= 0.3 is 16.5 Å². The molecule has 3 rings (SSSR count). The highest BCUT2D eigenvalue weighted by Crippen LogP contribution is 2.38. The average molecular weight is 421 g/mol. The molecule has 0 atom stereocenters. The predicted octanol–water partition coefficient (Wildman–Crippen LogP) is 4.50. The van der Waals surface area contributed by atoms with Crippen LogP contribution in [0.5, 0.6) is 5.75 Å². The second-order valence-corrected chi connectivity index (χ2v) is 8.06. The lowest BCUT2D eigenvalue weighted by molar-refractivity contribution is -0.137. The van der Waals surface area contributed by atoms with Crippen LogP contribution in [0.4, 0.5) is 22.0 Å². The molecule has 0 amide bonds. The highest BCUT2D eigenvalue weighted by atomic mass is 32.2. The number of hydrogen-bond donors (Lipinski definition) is 0. The van der Waals surface area contributed by atoms with E-state index in [0.717, 1.165) is 15.4 Å². The molecule has 4 nitrogen and oxygen atoms in total. The molecule has 2 aromatic carbocycles. The lowest BCUT2D eigenvalue weighted by atomic mass is 10.0. The van der Waals surface area contributed by atoms with Crippen LogP contribution >= 0.6 is 0 Å². The molecule has 0 aliphatic carbocycles. The molecule has 0 radical (unpaired) electrons. The molecule has 0 N–H and O–H groups in total. The number of halogens is 5. The van der Waals surface area contributed by atoms with Crippen molar-refractivity contribution in [2.75, 3.05) is 6.54 Å². The van der Waals surface area contributed by atoms with Gasteiger partial charge < -0.3 is 4.18 Å². The number of hydrogen-bond acceptors (Lipinski definition) is 3. The summed E-state index contributed by atoms with van der Waals surface area (Å²) in [4.78, 5) is 0. The number of rotatable bonds is 4. The largest absolute Gasteiger partial charge is 0.416 e. The third kappa shape index (κ3) is 4.44. The standard InChI is InChI=1S/C18H16F5NO3S/c1-17(19,20)14-8-15(18(21,22)23)10-16(9-14)27-28(25,26)24-7-6-12-4-2-3-5-13(12)11-24/h2-5,8-10H,6-7,11H2,1H3. The smallest absolute Gasteiger partial charge is 0.371 e. The molecule has 0 fully saturated rings. The highest BCUT2D eigenvalue weighted by molar-refractivity contribution is 7.84. The zero-order valence-electron chi connectivity index (χ0n) is 14.6. The van der Waals surface area contributed by atoms with Gasteiger partial charge in [-0.25, -0.2) is 8.78 Å². The molecular weight excluding hydrogens is 405 g/mol. The molecule has 152 valence electrons. The maximum Gasteiger partial charge on any atom is 0.416 e. The van der Waals surface area contributed by atoms with Crippen LogP contribution in [0.3, 0.4) is 0 Å². The van der Waals surface area contributed by atoms with E-state index in [-0.39, 0.29) is 19.2 Å². The average Bonchev–Trinajstić information content (AvgIpc) is 2.59. The van der Waals surface area contributed by atoms with Crippen molar-refractivity contribution < 1.29 is 34.6 Å². The van der Waals surface area contributed by atoms with Gasteiger partial charge in [-0.2, -0.15) is 25.9 Å². The molecule has 10 heteroatoms. The molecule has 0 aromatic heterocycles. The van der Waals surface area contributed by atoms with E-state index in [0.29, 0.717) is 25.5 Å². The van der Waals surface area contributed by atoms with Crippen LogP contribution in [-0.2, 0) is 35.4 Å². The second kappa shape index (κ2) is 7.00. The minimum absolute atomic E-state index is 0.0196. The molecule has 1 aliphatic rings. The maximum atomic E-state index is 13.6. The van der Waals surface area contributed by atoms with Crippen LogP contribution in [-0.4, -0.2) is 19.3 Å². The van der Waals surface area contributed by atoms with Crippen LogP contribution in [0.15, 0.2) is 42.5 Å². The van der Waals surface area contributed by atoms with Crippen molar-refractivity contribution in [1.29, 1.82) is 0 Å². The highest BCUT2D eigenvalue weighted by Gasteiger charge is 2.36. The molecule has 0 bridgehead atoms. The van der Waals surface area contributed by atoms with Gasteiger partial charge in [-0.1, -0.05) is 24.3 Å². The first kappa shape index (κ1) is 20.5. The summed E-state index contributed by atoms with van der Waals surface area (Å²) >= 11 is 0. The van der Waals surface area contributed by atoms with Crippen molar-refractivity contribution in [3.8, 4) is 5.75 Å². The third-order valence-electron chi connectivity index (χ3n) is 4.35. The van der Waals surface area contributed by atoms with E-state index in [1.165, 1.54) is 0 Å². The van der Waals surface area contributed by atoms with Crippen molar-refractivity contribution in [3.05, 3.63) is 64.7 Å². The molecular formula is C18H16F5NO3S. The van der Waals surface area contributed by atoms with Gasteiger partial charge in [-0.15, -0.1) is 0 Å². The van der Waals surface area contributed by atoms with E-state index < -0.39 is 39.3 Å². The third-order valence-corrected chi connectivity index (χ3v) is 5.70. The maximum absolute atomic E-state index is 13.6. The van der Waals surface area contributed by atoms with E-state index in [1.54, 1.807) is 12.1 Å². The van der Waals surface area contributed by atoms with Gasteiger partial charge in [0.2, 0.25) is 0 Å². The lowest BCUT2D eigenvalue weighted by Gasteiger charge is -2.27. The van der Waals surface area contributed by atoms with Gasteiger partial charge in [0.1, 0.15) is 5.75 Å². The fraction of sp³-hybridized carbons (Fsp3) is 0.333. The number of fused-ring (bicyclic) bond motifs is 1. The zero-order chi connectivity index (χ0) is 20.7. The molecule has 0 spiro atoms. The van der Waals surface area contributed by atoms with Crippen molar-refractivity contribution in [2.45, 2.75) is 32.0 Å². The minimum atomic E-state index is -4.94. The molecule has 1 heterocycles. The monoisotopic (exact) mass is 421 g/mol. The topological polar surface area (TPSA) is 46.6 Å². The Morgan fingerprint density at radius 2 is 1.57 bits per heavy atom. The van der Waals surface area contributed by atoms with Gasteiger partial charge in [-0.05, 0) is 35.7 Å². The molecule has 0 saturated carbocycles. The second-order valence-electron chi connectivity index (χ2n) is 6.53. The van der Waals surface area contributed by atoms with Crippen molar-refractivity contribution >= 4 is 10.3 Å². The van der Waals surface area contributed by atoms with Crippen molar-refractivity contribution in [2.24, 2.45) is 0 Å². The quantitative estimate of drug-likeness (QED) is 0.683. The fourth-order valence-corrected chi connectivity index (χ4v) is 3.96. The fourth-order valence-electron chi connectivity index (χ4n) is 2.90. The van der Waals surface area contributed by atoms with E-state index >= 15 is 0 Å². The van der Waals surface area contributed by atoms with Gasteiger partial charge in [-0.3, -0.25) is 0 Å². The van der Waals surface area contributed by atoms with E-state index in [1.807, 2.05) is 12.1 Å². The SMILES string of the molecule is CC(F)(F)c1cc(OS(=O)(=O)N2CCc3ccccc3C2)cc(C(F)(F)F)c1. The van der Waals surface area contributed by atoms with Crippen LogP contribution in [0.1, 0.15) is 29.2 Å². The van der Waals surface area contributed by atoms with Crippen LogP contribution < -0.4 is 4.18 Å². The Labute approximate surface area is 158 Å². The summed E-state index contributed by atoms with van der Waals surface area (Å²) in [5, 5.41) is 0. The van der Waals surface area contributed by atoms with Gasteiger partial charge in [0, 0.05) is 25.6 Å². The number of nitrogens with zero attached hydrogens (tertiary/aromatic N) is 1. The first-order valence-electron chi connectivity index (χ1n) is 8.23. The van der Waals surface area contributed by atoms with Gasteiger partial charge in [0.15, 0.2) is 0 Å². The van der Waals surface area contributed by atoms with Crippen molar-refractivity contribution in [3.63, 3.8) is 0 Å². The summed E-state index contributed by atoms with van der Waals surface area (Å²) in [6, 6.07) is 8.40. The van der Waals surface area contributed by atoms with Crippen LogP contribution in [0.2, 0.25) is 0 Å². The lowest BCUT2D eigenvalue weighted by Crippen LogP contribution is -2.38. The summed E-state index contributed by atoms with van der Waals surface area (Å²) in [7, 11) is -4.48. The summed E-state index contributed by atoms with van der Waals surface area (Å²) in [5.74, 6) is -4.42. The molecule has 0 saturated heterocycles. The normalized spacial score (nSPS) is 15.9. The summed E-state index contributed by atoms with van der Waals surface area (Å²) < 4.78 is 97.0. The van der Waals surface area contributed by atoms with Crippen molar-refractivity contribution in [1.82, 2.24) is 4.31 Å². The Balaban J connectivity index is 1.92. The summed E-state index contributed by atoms with van der Waals surface area (Å²) in [6.07, 6.45) is -4.53. The van der Waals surface area contributed by atoms with E-state index in [4.69, 9.17) is 4.18 Å². The molecule has 1 aliphatic heterocycles. The predicted molar refractivity (Wildman–Crippen MR) is 91.1 cm³/mol. The van der Waals surface area contributed by atoms with E-state index in [2.05, 4.69) is 0 Å². The number of benzene rings is 2. The molecule has 28 heavy (non-hydrogen) atoms. The van der Waals surface area contributed by atoms with E-state index in [9.17, 15) is 30.4 Å². The summed E-state index contributed by atoms with van der Waals surface area (Å²) in [6.45, 7) is 0.464. The first-order valence-corrected chi connectivity index (χ1v) is 9.60. The number of alkyl halides is 5. The Morgan fingerprint density at radius 3 is 2.18 bits per heavy atom. The Morgan fingerprint density at radius 1 is 0.964 bits per heavy atom. The Bertz CT molecular complexity index is 951. The Kier molecular flexibility index (Phi) is 5.13. The van der Waals surface area contributed by atoms with Gasteiger partial charge in [0.25, 0.3) is 5.92 Å². The first-order chi connectivity index (χ1) is 12.9. The molecule has 0 unspecified atom stereocenters. The van der Waals surface area contributed by atoms with Gasteiger partial charge in [0.05, 0.1) is 5.56 Å². The van der Waals surface area contributed by atoms with Crippen LogP contribution in [0, 0.1) is 0 Å².